The Hall–Kier alpha value is -1.58. The molecule has 0 fully saturated rings. The Bertz CT molecular complexity index is 364. The highest BCUT2D eigenvalue weighted by Crippen LogP contribution is 2.22. The molecule has 0 bridgehead atoms. The van der Waals surface area contributed by atoms with Gasteiger partial charge in [-0.05, 0) is 13.8 Å². The zero-order valence-electron chi connectivity index (χ0n) is 10.2. The first-order valence-electron chi connectivity index (χ1n) is 5.58. The maximum Gasteiger partial charge on any atom is 0.222 e. The van der Waals surface area contributed by atoms with Crippen LogP contribution >= 0.6 is 0 Å². The highest BCUT2D eigenvalue weighted by atomic mass is 16.5. The largest absolute Gasteiger partial charge is 0.473 e. The summed E-state index contributed by atoms with van der Waals surface area (Å²) >= 11 is 0. The fourth-order valence-electron chi connectivity index (χ4n) is 1.32. The van der Waals surface area contributed by atoms with Crippen molar-refractivity contribution in [2.45, 2.75) is 27.2 Å². The fraction of sp³-hybridized carbons (Fsp3) is 0.500. The zero-order chi connectivity index (χ0) is 12.0. The smallest absolute Gasteiger partial charge is 0.222 e. The molecular weight excluding hydrogens is 202 g/mol. The van der Waals surface area contributed by atoms with Gasteiger partial charge < -0.3 is 10.1 Å². The minimum atomic E-state index is 0.465. The van der Waals surface area contributed by atoms with Crippen LogP contribution in [0.3, 0.4) is 0 Å². The van der Waals surface area contributed by atoms with E-state index in [1.165, 1.54) is 0 Å². The summed E-state index contributed by atoms with van der Waals surface area (Å²) < 4.78 is 5.51. The number of nitrogens with zero attached hydrogens (tertiary/aromatic N) is 2. The highest BCUT2D eigenvalue weighted by molar-refractivity contribution is 5.48. The number of aromatic nitrogens is 2. The van der Waals surface area contributed by atoms with Crippen molar-refractivity contribution in [1.82, 2.24) is 9.97 Å². The summed E-state index contributed by atoms with van der Waals surface area (Å²) in [6.07, 6.45) is 2.50. The van der Waals surface area contributed by atoms with Gasteiger partial charge in [-0.3, -0.25) is 0 Å². The van der Waals surface area contributed by atoms with E-state index in [0.717, 1.165) is 30.2 Å². The molecule has 1 aromatic rings. The molecule has 0 aliphatic heterocycles. The Balaban J connectivity index is 3.04. The van der Waals surface area contributed by atoms with Gasteiger partial charge in [-0.2, -0.15) is 4.98 Å². The van der Waals surface area contributed by atoms with Gasteiger partial charge in [0.25, 0.3) is 0 Å². The summed E-state index contributed by atoms with van der Waals surface area (Å²) in [5, 5.41) is 3.21. The molecule has 0 spiro atoms. The first kappa shape index (κ1) is 12.5. The predicted molar refractivity (Wildman–Crippen MR) is 66.0 cm³/mol. The zero-order valence-corrected chi connectivity index (χ0v) is 10.2. The molecule has 16 heavy (non-hydrogen) atoms. The first-order chi connectivity index (χ1) is 7.72. The molecule has 0 aromatic carbocycles. The molecule has 0 amide bonds. The SMILES string of the molecule is C=CCOc1nc(CC)nc(NCC)c1C. The van der Waals surface area contributed by atoms with E-state index < -0.39 is 0 Å². The van der Waals surface area contributed by atoms with E-state index in [2.05, 4.69) is 21.9 Å². The summed E-state index contributed by atoms with van der Waals surface area (Å²) in [5.74, 6) is 2.29. The van der Waals surface area contributed by atoms with Crippen molar-refractivity contribution in [2.24, 2.45) is 0 Å². The van der Waals surface area contributed by atoms with Gasteiger partial charge in [-0.25, -0.2) is 4.98 Å². The molecule has 0 radical (unpaired) electrons. The second-order valence-electron chi connectivity index (χ2n) is 3.40. The Morgan fingerprint density at radius 2 is 2.12 bits per heavy atom. The van der Waals surface area contributed by atoms with Gasteiger partial charge in [-0.15, -0.1) is 0 Å². The standard InChI is InChI=1S/C12H19N3O/c1-5-8-16-12-9(4)11(13-7-3)14-10(6-2)15-12/h5H,1,6-8H2,2-4H3,(H,13,14,15). The van der Waals surface area contributed by atoms with Gasteiger partial charge in [0.05, 0.1) is 5.56 Å². The number of hydrogen-bond donors (Lipinski definition) is 1. The van der Waals surface area contributed by atoms with Crippen LogP contribution in [0.4, 0.5) is 5.82 Å². The van der Waals surface area contributed by atoms with Crippen LogP contribution in [0.1, 0.15) is 25.2 Å². The number of ether oxygens (including phenoxy) is 1. The van der Waals surface area contributed by atoms with Crippen LogP contribution in [0.25, 0.3) is 0 Å². The lowest BCUT2D eigenvalue weighted by Gasteiger charge is -2.12. The first-order valence-corrected chi connectivity index (χ1v) is 5.58. The van der Waals surface area contributed by atoms with Crippen molar-refractivity contribution in [3.63, 3.8) is 0 Å². The molecule has 1 rings (SSSR count). The van der Waals surface area contributed by atoms with E-state index in [-0.39, 0.29) is 0 Å². The topological polar surface area (TPSA) is 47.0 Å². The molecule has 0 atom stereocenters. The summed E-state index contributed by atoms with van der Waals surface area (Å²) in [6.45, 7) is 10.9. The summed E-state index contributed by atoms with van der Waals surface area (Å²) in [6, 6.07) is 0. The number of hydrogen-bond acceptors (Lipinski definition) is 4. The Morgan fingerprint density at radius 1 is 1.38 bits per heavy atom. The molecule has 88 valence electrons. The number of aryl methyl sites for hydroxylation is 1. The van der Waals surface area contributed by atoms with Crippen LogP contribution < -0.4 is 10.1 Å². The lowest BCUT2D eigenvalue weighted by atomic mass is 10.3. The molecule has 0 unspecified atom stereocenters. The van der Waals surface area contributed by atoms with Crippen LogP contribution in [0, 0.1) is 6.92 Å². The van der Waals surface area contributed by atoms with Crippen LogP contribution in [0.5, 0.6) is 5.88 Å². The summed E-state index contributed by atoms with van der Waals surface area (Å²) in [7, 11) is 0. The van der Waals surface area contributed by atoms with Gasteiger partial charge in [0, 0.05) is 13.0 Å². The van der Waals surface area contributed by atoms with Gasteiger partial charge in [0.1, 0.15) is 18.2 Å². The van der Waals surface area contributed by atoms with Crippen LogP contribution in [0.2, 0.25) is 0 Å². The van der Waals surface area contributed by atoms with E-state index in [4.69, 9.17) is 4.74 Å². The highest BCUT2D eigenvalue weighted by Gasteiger charge is 2.10. The minimum absolute atomic E-state index is 0.465. The maximum absolute atomic E-state index is 5.51. The van der Waals surface area contributed by atoms with Gasteiger partial charge in [0.2, 0.25) is 5.88 Å². The third kappa shape index (κ3) is 2.95. The van der Waals surface area contributed by atoms with E-state index in [1.807, 2.05) is 20.8 Å². The minimum Gasteiger partial charge on any atom is -0.473 e. The maximum atomic E-state index is 5.51. The molecular formula is C12H19N3O. The normalized spacial score (nSPS) is 9.94. The van der Waals surface area contributed by atoms with Crippen molar-refractivity contribution in [3.8, 4) is 5.88 Å². The lowest BCUT2D eigenvalue weighted by molar-refractivity contribution is 0.344. The summed E-state index contributed by atoms with van der Waals surface area (Å²) in [5.41, 5.74) is 0.945. The number of nitrogens with one attached hydrogen (secondary N) is 1. The molecule has 4 heteroatoms. The third-order valence-electron chi connectivity index (χ3n) is 2.15. The van der Waals surface area contributed by atoms with E-state index in [9.17, 15) is 0 Å². The summed E-state index contributed by atoms with van der Waals surface area (Å²) in [4.78, 5) is 8.77. The van der Waals surface area contributed by atoms with E-state index >= 15 is 0 Å². The molecule has 4 nitrogen and oxygen atoms in total. The molecule has 1 aromatic heterocycles. The van der Waals surface area contributed by atoms with Crippen molar-refractivity contribution < 1.29 is 4.74 Å². The lowest BCUT2D eigenvalue weighted by Crippen LogP contribution is -2.08. The fourth-order valence-corrected chi connectivity index (χ4v) is 1.32. The molecule has 0 aliphatic carbocycles. The Labute approximate surface area is 96.8 Å². The Morgan fingerprint density at radius 3 is 2.69 bits per heavy atom. The number of anilines is 1. The van der Waals surface area contributed by atoms with Gasteiger partial charge in [-0.1, -0.05) is 19.6 Å². The van der Waals surface area contributed by atoms with Crippen molar-refractivity contribution in [1.29, 1.82) is 0 Å². The molecule has 0 saturated heterocycles. The Kier molecular flexibility index (Phi) is 4.76. The predicted octanol–water partition coefficient (Wildman–Crippen LogP) is 2.34. The van der Waals surface area contributed by atoms with Crippen molar-refractivity contribution in [2.75, 3.05) is 18.5 Å². The molecule has 1 N–H and O–H groups in total. The second kappa shape index (κ2) is 6.10. The van der Waals surface area contributed by atoms with Crippen LogP contribution in [0.15, 0.2) is 12.7 Å². The van der Waals surface area contributed by atoms with E-state index in [0.29, 0.717) is 12.5 Å². The number of rotatable bonds is 6. The molecule has 0 aliphatic rings. The molecule has 0 saturated carbocycles. The van der Waals surface area contributed by atoms with Crippen molar-refractivity contribution in [3.05, 3.63) is 24.0 Å². The van der Waals surface area contributed by atoms with Crippen LogP contribution in [-0.4, -0.2) is 23.1 Å². The van der Waals surface area contributed by atoms with Crippen LogP contribution in [-0.2, 0) is 6.42 Å². The van der Waals surface area contributed by atoms with Gasteiger partial charge in [0.15, 0.2) is 0 Å². The average Bonchev–Trinajstić information content (AvgIpc) is 2.30. The van der Waals surface area contributed by atoms with Gasteiger partial charge >= 0.3 is 0 Å². The molecule has 1 heterocycles. The third-order valence-corrected chi connectivity index (χ3v) is 2.15. The average molecular weight is 221 g/mol. The monoisotopic (exact) mass is 221 g/mol. The second-order valence-corrected chi connectivity index (χ2v) is 3.40. The van der Waals surface area contributed by atoms with Crippen molar-refractivity contribution >= 4 is 5.82 Å². The quantitative estimate of drug-likeness (QED) is 0.749. The van der Waals surface area contributed by atoms with E-state index in [1.54, 1.807) is 6.08 Å².